The summed E-state index contributed by atoms with van der Waals surface area (Å²) < 4.78 is 1.86. The number of aromatic nitrogens is 3. The molecule has 3 heterocycles. The van der Waals surface area contributed by atoms with E-state index in [0.29, 0.717) is 23.1 Å². The molecule has 0 aliphatic carbocycles. The third-order valence-electron chi connectivity index (χ3n) is 5.75. The lowest BCUT2D eigenvalue weighted by atomic mass is 9.97. The van der Waals surface area contributed by atoms with E-state index in [1.165, 1.54) is 0 Å². The quantitative estimate of drug-likeness (QED) is 0.683. The summed E-state index contributed by atoms with van der Waals surface area (Å²) in [6.07, 6.45) is 1.09. The molecule has 6 nitrogen and oxygen atoms in total. The molecule has 29 heavy (non-hydrogen) atoms. The van der Waals surface area contributed by atoms with Gasteiger partial charge in [0.1, 0.15) is 17.5 Å². The molecule has 0 spiro atoms. The van der Waals surface area contributed by atoms with Crippen LogP contribution in [0.25, 0.3) is 22.3 Å². The first-order chi connectivity index (χ1) is 13.9. The number of allylic oxidation sites excluding steroid dienone is 1. The van der Waals surface area contributed by atoms with Crippen molar-refractivity contribution in [2.75, 3.05) is 32.1 Å². The van der Waals surface area contributed by atoms with Gasteiger partial charge in [-0.3, -0.25) is 0 Å². The van der Waals surface area contributed by atoms with Gasteiger partial charge >= 0.3 is 0 Å². The Morgan fingerprint density at radius 1 is 1.28 bits per heavy atom. The summed E-state index contributed by atoms with van der Waals surface area (Å²) in [6.45, 7) is 9.75. The lowest BCUT2D eigenvalue weighted by Gasteiger charge is -2.26. The molecule has 0 bridgehead atoms. The van der Waals surface area contributed by atoms with Gasteiger partial charge in [-0.1, -0.05) is 36.9 Å². The Labute approximate surface area is 171 Å². The van der Waals surface area contributed by atoms with Gasteiger partial charge in [0.25, 0.3) is 0 Å². The molecule has 1 aliphatic rings. The SMILES string of the molecule is C=C(C)c1nc2c(C#N)c(C)c(-c3ccccc3)c(N3CC[C@H](N(C)C)C3)n2n1. The number of anilines is 1. The fourth-order valence-electron chi connectivity index (χ4n) is 4.10. The number of fused-ring (bicyclic) bond motifs is 1. The summed E-state index contributed by atoms with van der Waals surface area (Å²) >= 11 is 0. The van der Waals surface area contributed by atoms with E-state index in [0.717, 1.165) is 47.6 Å². The zero-order valence-corrected chi connectivity index (χ0v) is 17.5. The monoisotopic (exact) mass is 386 g/mol. The van der Waals surface area contributed by atoms with Crippen molar-refractivity contribution < 1.29 is 0 Å². The van der Waals surface area contributed by atoms with Gasteiger partial charge in [-0.15, -0.1) is 5.10 Å². The Bertz CT molecular complexity index is 1120. The minimum Gasteiger partial charge on any atom is -0.354 e. The van der Waals surface area contributed by atoms with Crippen LogP contribution in [0.2, 0.25) is 0 Å². The van der Waals surface area contributed by atoms with E-state index < -0.39 is 0 Å². The Morgan fingerprint density at radius 2 is 2.00 bits per heavy atom. The highest BCUT2D eigenvalue weighted by Gasteiger charge is 2.31. The lowest BCUT2D eigenvalue weighted by molar-refractivity contribution is 0.315. The number of nitrogens with zero attached hydrogens (tertiary/aromatic N) is 6. The average molecular weight is 387 g/mol. The van der Waals surface area contributed by atoms with Gasteiger partial charge in [0.2, 0.25) is 0 Å². The summed E-state index contributed by atoms with van der Waals surface area (Å²) in [5.41, 5.74) is 5.03. The normalized spacial score (nSPS) is 16.6. The highest BCUT2D eigenvalue weighted by molar-refractivity contribution is 5.85. The topological polar surface area (TPSA) is 60.5 Å². The highest BCUT2D eigenvalue weighted by atomic mass is 15.4. The number of hydrogen-bond donors (Lipinski definition) is 0. The molecule has 6 heteroatoms. The molecule has 3 aromatic rings. The number of nitriles is 1. The fraction of sp³-hybridized carbons (Fsp3) is 0.348. The highest BCUT2D eigenvalue weighted by Crippen LogP contribution is 2.38. The van der Waals surface area contributed by atoms with E-state index in [4.69, 9.17) is 5.10 Å². The van der Waals surface area contributed by atoms with Crippen molar-refractivity contribution in [2.45, 2.75) is 26.3 Å². The third-order valence-corrected chi connectivity index (χ3v) is 5.75. The Morgan fingerprint density at radius 3 is 2.59 bits per heavy atom. The molecule has 1 aliphatic heterocycles. The van der Waals surface area contributed by atoms with Gasteiger partial charge < -0.3 is 9.80 Å². The number of rotatable bonds is 4. The standard InChI is InChI=1S/C23H26N6/c1-15(2)21-25-22-19(13-24)16(3)20(17-9-7-6-8-10-17)23(29(22)26-21)28-12-11-18(14-28)27(4)5/h6-10,18H,1,11-12,14H2,2-5H3/t18-/m0/s1. The summed E-state index contributed by atoms with van der Waals surface area (Å²) in [5, 5.41) is 14.7. The van der Waals surface area contributed by atoms with Crippen LogP contribution in [0.15, 0.2) is 36.9 Å². The van der Waals surface area contributed by atoms with Crippen LogP contribution in [0.1, 0.15) is 30.3 Å². The van der Waals surface area contributed by atoms with E-state index >= 15 is 0 Å². The largest absolute Gasteiger partial charge is 0.354 e. The number of benzene rings is 1. The van der Waals surface area contributed by atoms with E-state index in [2.05, 4.69) is 53.7 Å². The Hall–Kier alpha value is -3.17. The molecule has 4 rings (SSSR count). The molecule has 1 atom stereocenters. The molecule has 0 amide bonds. The van der Waals surface area contributed by atoms with Crippen molar-refractivity contribution in [3.05, 3.63) is 53.9 Å². The van der Waals surface area contributed by atoms with Crippen LogP contribution in [-0.4, -0.2) is 52.7 Å². The molecule has 0 saturated carbocycles. The summed E-state index contributed by atoms with van der Waals surface area (Å²) in [6, 6.07) is 13.1. The van der Waals surface area contributed by atoms with Crippen molar-refractivity contribution >= 4 is 17.0 Å². The number of hydrogen-bond acceptors (Lipinski definition) is 5. The average Bonchev–Trinajstić information content (AvgIpc) is 3.35. The summed E-state index contributed by atoms with van der Waals surface area (Å²) in [7, 11) is 4.25. The lowest BCUT2D eigenvalue weighted by Crippen LogP contribution is -2.32. The molecule has 148 valence electrons. The Balaban J connectivity index is 2.05. The first-order valence-electron chi connectivity index (χ1n) is 9.88. The minimum atomic E-state index is 0.480. The molecular formula is C23H26N6. The molecule has 1 fully saturated rings. The second-order valence-electron chi connectivity index (χ2n) is 7.98. The van der Waals surface area contributed by atoms with Crippen LogP contribution in [-0.2, 0) is 0 Å². The molecule has 0 N–H and O–H groups in total. The van der Waals surface area contributed by atoms with Crippen molar-refractivity contribution in [2.24, 2.45) is 0 Å². The fourth-order valence-corrected chi connectivity index (χ4v) is 4.10. The second-order valence-corrected chi connectivity index (χ2v) is 7.98. The van der Waals surface area contributed by atoms with Crippen LogP contribution in [0.3, 0.4) is 0 Å². The van der Waals surface area contributed by atoms with Crippen LogP contribution in [0.4, 0.5) is 5.82 Å². The number of likely N-dealkylation sites (N-methyl/N-ethyl adjacent to an activating group) is 1. The molecular weight excluding hydrogens is 360 g/mol. The maximum absolute atomic E-state index is 9.93. The van der Waals surface area contributed by atoms with Gasteiger partial charge in [0.05, 0.1) is 0 Å². The Kier molecular flexibility index (Phi) is 4.85. The molecule has 2 aromatic heterocycles. The minimum absolute atomic E-state index is 0.480. The first-order valence-corrected chi connectivity index (χ1v) is 9.88. The predicted octanol–water partition coefficient (Wildman–Crippen LogP) is 3.75. The van der Waals surface area contributed by atoms with Gasteiger partial charge in [-0.25, -0.2) is 4.98 Å². The summed E-state index contributed by atoms with van der Waals surface area (Å²) in [4.78, 5) is 9.31. The summed E-state index contributed by atoms with van der Waals surface area (Å²) in [5.74, 6) is 1.59. The van der Waals surface area contributed by atoms with Crippen LogP contribution >= 0.6 is 0 Å². The van der Waals surface area contributed by atoms with Gasteiger partial charge in [-0.05, 0) is 51.1 Å². The first kappa shape index (κ1) is 19.2. The van der Waals surface area contributed by atoms with Crippen molar-refractivity contribution in [3.8, 4) is 17.2 Å². The van der Waals surface area contributed by atoms with E-state index in [1.54, 1.807) is 0 Å². The van der Waals surface area contributed by atoms with Crippen molar-refractivity contribution in [1.82, 2.24) is 19.5 Å². The second kappa shape index (κ2) is 7.34. The smallest absolute Gasteiger partial charge is 0.177 e. The third kappa shape index (κ3) is 3.18. The van der Waals surface area contributed by atoms with Crippen LogP contribution in [0.5, 0.6) is 0 Å². The zero-order chi connectivity index (χ0) is 20.7. The van der Waals surface area contributed by atoms with Crippen LogP contribution in [0, 0.1) is 18.3 Å². The van der Waals surface area contributed by atoms with Crippen molar-refractivity contribution in [3.63, 3.8) is 0 Å². The molecule has 0 radical (unpaired) electrons. The van der Waals surface area contributed by atoms with Crippen molar-refractivity contribution in [1.29, 1.82) is 5.26 Å². The van der Waals surface area contributed by atoms with Crippen LogP contribution < -0.4 is 4.90 Å². The maximum Gasteiger partial charge on any atom is 0.177 e. The maximum atomic E-state index is 9.93. The molecule has 1 saturated heterocycles. The van der Waals surface area contributed by atoms with Gasteiger partial charge in [0, 0.05) is 24.7 Å². The molecule has 1 aromatic carbocycles. The zero-order valence-electron chi connectivity index (χ0n) is 17.5. The van der Waals surface area contributed by atoms with Gasteiger partial charge in [0.15, 0.2) is 11.5 Å². The van der Waals surface area contributed by atoms with E-state index in [9.17, 15) is 5.26 Å². The van der Waals surface area contributed by atoms with E-state index in [-0.39, 0.29) is 0 Å². The predicted molar refractivity (Wildman–Crippen MR) is 117 cm³/mol. The molecule has 0 unspecified atom stereocenters. The number of pyridine rings is 1. The van der Waals surface area contributed by atoms with E-state index in [1.807, 2.05) is 36.6 Å². The van der Waals surface area contributed by atoms with Gasteiger partial charge in [-0.2, -0.15) is 9.78 Å².